The molecule has 0 spiro atoms. The molecule has 142 valence electrons. The summed E-state index contributed by atoms with van der Waals surface area (Å²) in [6.45, 7) is 0. The molecule has 29 heavy (non-hydrogen) atoms. The molecule has 2 amide bonds. The Labute approximate surface area is 165 Å². The van der Waals surface area contributed by atoms with Crippen molar-refractivity contribution in [2.45, 2.75) is 0 Å². The molecule has 3 aromatic carbocycles. The largest absolute Gasteiger partial charge is 0.493 e. The van der Waals surface area contributed by atoms with Crippen molar-refractivity contribution >= 4 is 28.8 Å². The quantitative estimate of drug-likeness (QED) is 0.678. The van der Waals surface area contributed by atoms with E-state index < -0.39 is 12.0 Å². The number of methoxy groups -OCH3 is 1. The number of hydrogen-bond acceptors (Lipinski definition) is 6. The molecule has 0 atom stereocenters. The number of carbonyl (C=O) groups excluding carboxylic acids is 2. The molecule has 1 aliphatic heterocycles. The number of fused-ring (bicyclic) bond motifs is 1. The van der Waals surface area contributed by atoms with Crippen LogP contribution in [0.2, 0.25) is 0 Å². The molecule has 1 saturated heterocycles. The molecule has 4 rings (SSSR count). The lowest BCUT2D eigenvalue weighted by molar-refractivity contribution is -0.116. The van der Waals surface area contributed by atoms with Gasteiger partial charge in [-0.25, -0.2) is 4.79 Å². The van der Waals surface area contributed by atoms with Crippen molar-refractivity contribution < 1.29 is 23.8 Å². The summed E-state index contributed by atoms with van der Waals surface area (Å²) in [5, 5.41) is 12.9. The van der Waals surface area contributed by atoms with E-state index in [0.29, 0.717) is 28.4 Å². The van der Waals surface area contributed by atoms with Gasteiger partial charge in [-0.3, -0.25) is 10.1 Å². The Morgan fingerprint density at radius 1 is 1.00 bits per heavy atom. The molecule has 0 bridgehead atoms. The fraction of sp³-hybridized carbons (Fsp3) is 0.0455. The maximum Gasteiger partial charge on any atom is 0.419 e. The molecule has 0 radical (unpaired) electrons. The second kappa shape index (κ2) is 7.37. The number of nitrogens with one attached hydrogen (secondary N) is 1. The smallest absolute Gasteiger partial charge is 0.419 e. The highest BCUT2D eigenvalue weighted by Gasteiger charge is 2.26. The van der Waals surface area contributed by atoms with Crippen molar-refractivity contribution in [1.29, 1.82) is 5.26 Å². The molecule has 1 fully saturated rings. The van der Waals surface area contributed by atoms with Crippen LogP contribution in [-0.4, -0.2) is 19.1 Å². The van der Waals surface area contributed by atoms with E-state index in [2.05, 4.69) is 6.07 Å². The monoisotopic (exact) mass is 386 g/mol. The minimum absolute atomic E-state index is 0.0937. The zero-order valence-corrected chi connectivity index (χ0v) is 15.3. The summed E-state index contributed by atoms with van der Waals surface area (Å²) >= 11 is 0. The molecular formula is C22H14N2O5. The first kappa shape index (κ1) is 18.1. The molecule has 1 heterocycles. The van der Waals surface area contributed by atoms with Gasteiger partial charge in [-0.2, -0.15) is 5.26 Å². The van der Waals surface area contributed by atoms with Crippen LogP contribution in [0.1, 0.15) is 11.1 Å². The summed E-state index contributed by atoms with van der Waals surface area (Å²) in [5.74, 6) is 0.769. The van der Waals surface area contributed by atoms with Gasteiger partial charge in [0.05, 0.1) is 18.7 Å². The number of cyclic esters (lactones) is 1. The number of carbonyl (C=O) groups is 2. The number of nitriles is 1. The number of benzene rings is 3. The molecule has 1 aliphatic rings. The SMILES string of the molecule is COc1cc(/C=C2/OC(=O)NC2=O)ccc1Oc1ccc(C#N)c2ccccc12. The highest BCUT2D eigenvalue weighted by atomic mass is 16.6. The third-order valence-corrected chi connectivity index (χ3v) is 4.35. The van der Waals surface area contributed by atoms with Crippen LogP contribution in [0.25, 0.3) is 16.8 Å². The van der Waals surface area contributed by atoms with E-state index in [-0.39, 0.29) is 5.76 Å². The van der Waals surface area contributed by atoms with E-state index >= 15 is 0 Å². The fourth-order valence-electron chi connectivity index (χ4n) is 3.01. The van der Waals surface area contributed by atoms with Gasteiger partial charge in [0.2, 0.25) is 0 Å². The van der Waals surface area contributed by atoms with Gasteiger partial charge in [0.15, 0.2) is 17.3 Å². The summed E-state index contributed by atoms with van der Waals surface area (Å²) in [6.07, 6.45) is 0.629. The molecule has 0 saturated carbocycles. The van der Waals surface area contributed by atoms with Crippen LogP contribution in [0.3, 0.4) is 0 Å². The standard InChI is InChI=1S/C22H14N2O5/c1-27-19-10-13(11-20-21(25)24-22(26)29-20)6-8-18(19)28-17-9-7-14(12-23)15-4-2-3-5-16(15)17/h2-11H,1H3,(H,24,25,26)/b20-11+. The summed E-state index contributed by atoms with van der Waals surface area (Å²) in [7, 11) is 1.50. The number of amides is 2. The van der Waals surface area contributed by atoms with Gasteiger partial charge in [-0.1, -0.05) is 30.3 Å². The molecule has 7 nitrogen and oxygen atoms in total. The molecule has 1 N–H and O–H groups in total. The Morgan fingerprint density at radius 2 is 1.76 bits per heavy atom. The maximum atomic E-state index is 11.6. The number of nitrogens with zero attached hydrogens (tertiary/aromatic N) is 1. The van der Waals surface area contributed by atoms with Gasteiger partial charge < -0.3 is 14.2 Å². The normalized spacial score (nSPS) is 14.4. The van der Waals surface area contributed by atoms with Gasteiger partial charge in [0.1, 0.15) is 5.75 Å². The minimum Gasteiger partial charge on any atom is -0.493 e. The number of alkyl carbamates (subject to hydrolysis) is 1. The number of ether oxygens (including phenoxy) is 3. The third kappa shape index (κ3) is 3.47. The van der Waals surface area contributed by atoms with E-state index in [0.717, 1.165) is 10.8 Å². The van der Waals surface area contributed by atoms with Crippen molar-refractivity contribution in [2.75, 3.05) is 7.11 Å². The average molecular weight is 386 g/mol. The highest BCUT2D eigenvalue weighted by Crippen LogP contribution is 2.37. The molecule has 0 aliphatic carbocycles. The number of hydrogen-bond donors (Lipinski definition) is 1. The molecule has 0 aromatic heterocycles. The summed E-state index contributed by atoms with van der Waals surface area (Å²) in [6, 6.07) is 18.1. The second-order valence-corrected chi connectivity index (χ2v) is 6.13. The Hall–Kier alpha value is -4.31. The van der Waals surface area contributed by atoms with E-state index in [1.54, 1.807) is 30.3 Å². The van der Waals surface area contributed by atoms with Crippen LogP contribution in [0, 0.1) is 11.3 Å². The van der Waals surface area contributed by atoms with Crippen LogP contribution in [0.15, 0.2) is 60.4 Å². The van der Waals surface area contributed by atoms with Gasteiger partial charge in [0.25, 0.3) is 5.91 Å². The lowest BCUT2D eigenvalue weighted by atomic mass is 10.0. The third-order valence-electron chi connectivity index (χ3n) is 4.35. The molecule has 3 aromatic rings. The average Bonchev–Trinajstić information content (AvgIpc) is 3.05. The Kier molecular flexibility index (Phi) is 4.59. The van der Waals surface area contributed by atoms with Gasteiger partial charge in [0, 0.05) is 10.8 Å². The summed E-state index contributed by atoms with van der Waals surface area (Å²) in [5.41, 5.74) is 1.16. The van der Waals surface area contributed by atoms with Crippen molar-refractivity contribution in [3.05, 3.63) is 71.5 Å². The van der Waals surface area contributed by atoms with Crippen molar-refractivity contribution in [2.24, 2.45) is 0 Å². The van der Waals surface area contributed by atoms with Crippen LogP contribution in [0.4, 0.5) is 4.79 Å². The van der Waals surface area contributed by atoms with E-state index in [9.17, 15) is 14.9 Å². The topological polar surface area (TPSA) is 97.7 Å². The lowest BCUT2D eigenvalue weighted by Crippen LogP contribution is -2.18. The number of imide groups is 1. The van der Waals surface area contributed by atoms with Gasteiger partial charge in [-0.05, 0) is 35.9 Å². The van der Waals surface area contributed by atoms with Crippen molar-refractivity contribution in [3.63, 3.8) is 0 Å². The first-order chi connectivity index (χ1) is 14.1. The van der Waals surface area contributed by atoms with E-state index in [1.165, 1.54) is 13.2 Å². The van der Waals surface area contributed by atoms with E-state index in [4.69, 9.17) is 14.2 Å². The van der Waals surface area contributed by atoms with Crippen molar-refractivity contribution in [1.82, 2.24) is 5.32 Å². The highest BCUT2D eigenvalue weighted by molar-refractivity contribution is 6.09. The molecule has 7 heteroatoms. The van der Waals surface area contributed by atoms with Crippen molar-refractivity contribution in [3.8, 4) is 23.3 Å². The van der Waals surface area contributed by atoms with Crippen LogP contribution in [-0.2, 0) is 9.53 Å². The fourth-order valence-corrected chi connectivity index (χ4v) is 3.01. The second-order valence-electron chi connectivity index (χ2n) is 6.13. The van der Waals surface area contributed by atoms with Crippen LogP contribution < -0.4 is 14.8 Å². The minimum atomic E-state index is -0.805. The Bertz CT molecular complexity index is 1220. The van der Waals surface area contributed by atoms with Crippen LogP contribution >= 0.6 is 0 Å². The molecular weight excluding hydrogens is 372 g/mol. The summed E-state index contributed by atoms with van der Waals surface area (Å²) < 4.78 is 16.3. The van der Waals surface area contributed by atoms with Crippen LogP contribution in [0.5, 0.6) is 17.2 Å². The predicted molar refractivity (Wildman–Crippen MR) is 104 cm³/mol. The zero-order chi connectivity index (χ0) is 20.4. The van der Waals surface area contributed by atoms with Gasteiger partial charge in [-0.15, -0.1) is 0 Å². The first-order valence-electron chi connectivity index (χ1n) is 8.61. The maximum absolute atomic E-state index is 11.6. The number of rotatable bonds is 4. The first-order valence-corrected chi connectivity index (χ1v) is 8.61. The Balaban J connectivity index is 1.69. The van der Waals surface area contributed by atoms with E-state index in [1.807, 2.05) is 29.6 Å². The predicted octanol–water partition coefficient (Wildman–Crippen LogP) is 4.12. The Morgan fingerprint density at radius 3 is 2.45 bits per heavy atom. The molecule has 0 unspecified atom stereocenters. The van der Waals surface area contributed by atoms with Gasteiger partial charge >= 0.3 is 6.09 Å². The lowest BCUT2D eigenvalue weighted by Gasteiger charge is -2.13. The zero-order valence-electron chi connectivity index (χ0n) is 15.3. The summed E-state index contributed by atoms with van der Waals surface area (Å²) in [4.78, 5) is 22.8.